The minimum Gasteiger partial charge on any atom is -0.313 e. The highest BCUT2D eigenvalue weighted by Crippen LogP contribution is 2.67. The molecule has 2 fully saturated rings. The molecule has 2 aliphatic rings. The van der Waals surface area contributed by atoms with Crippen molar-refractivity contribution in [3.05, 3.63) is 0 Å². The van der Waals surface area contributed by atoms with E-state index in [1.165, 1.54) is 18.7 Å². The molecule has 1 saturated carbocycles. The molecule has 1 nitrogen and oxygen atoms in total. The molecule has 0 aromatic carbocycles. The number of thioether (sulfide) groups is 1. The lowest BCUT2D eigenvalue weighted by Crippen LogP contribution is -2.31. The number of hydrogen-bond donors (Lipinski definition) is 1. The van der Waals surface area contributed by atoms with Crippen LogP contribution in [0, 0.1) is 16.7 Å². The maximum Gasteiger partial charge on any atom is 0.0168 e. The lowest BCUT2D eigenvalue weighted by Gasteiger charge is -2.12. The second kappa shape index (κ2) is 3.66. The molecule has 1 aliphatic heterocycles. The third-order valence-corrected chi connectivity index (χ3v) is 6.48. The van der Waals surface area contributed by atoms with E-state index in [4.69, 9.17) is 0 Å². The first-order valence-corrected chi connectivity index (χ1v) is 7.25. The standard InChI is InChI=1S/C13H25NS/c1-9-6-10(8-15-9)14-7-11-12(2,3)13(11,4)5/h9-11,14H,6-8H2,1-5H3. The summed E-state index contributed by atoms with van der Waals surface area (Å²) in [7, 11) is 0. The monoisotopic (exact) mass is 227 g/mol. The third-order valence-electron chi connectivity index (χ3n) is 5.13. The van der Waals surface area contributed by atoms with Crippen molar-refractivity contribution in [2.45, 2.75) is 52.3 Å². The highest BCUT2D eigenvalue weighted by molar-refractivity contribution is 8.00. The van der Waals surface area contributed by atoms with Crippen molar-refractivity contribution in [2.75, 3.05) is 12.3 Å². The Hall–Kier alpha value is 0.310. The van der Waals surface area contributed by atoms with Gasteiger partial charge in [0.15, 0.2) is 0 Å². The Bertz CT molecular complexity index is 233. The maximum absolute atomic E-state index is 3.76. The second-order valence-electron chi connectivity index (χ2n) is 6.48. The fourth-order valence-electron chi connectivity index (χ4n) is 3.09. The molecule has 0 amide bonds. The molecule has 1 N–H and O–H groups in total. The van der Waals surface area contributed by atoms with Gasteiger partial charge in [0.1, 0.15) is 0 Å². The summed E-state index contributed by atoms with van der Waals surface area (Å²) in [5.41, 5.74) is 1.08. The molecule has 2 unspecified atom stereocenters. The molecule has 0 spiro atoms. The van der Waals surface area contributed by atoms with Gasteiger partial charge in [0.05, 0.1) is 0 Å². The summed E-state index contributed by atoms with van der Waals surface area (Å²) >= 11 is 2.11. The van der Waals surface area contributed by atoms with E-state index in [0.717, 1.165) is 17.2 Å². The van der Waals surface area contributed by atoms with Gasteiger partial charge in [0, 0.05) is 17.0 Å². The Morgan fingerprint density at radius 1 is 1.20 bits per heavy atom. The molecule has 0 radical (unpaired) electrons. The van der Waals surface area contributed by atoms with Crippen LogP contribution in [0.15, 0.2) is 0 Å². The molecule has 1 saturated heterocycles. The topological polar surface area (TPSA) is 12.0 Å². The van der Waals surface area contributed by atoms with Gasteiger partial charge in [-0.15, -0.1) is 0 Å². The molecule has 2 atom stereocenters. The SMILES string of the molecule is CC1CC(NCC2C(C)(C)C2(C)C)CS1. The van der Waals surface area contributed by atoms with Gasteiger partial charge < -0.3 is 5.32 Å². The van der Waals surface area contributed by atoms with Gasteiger partial charge in [0.2, 0.25) is 0 Å². The average molecular weight is 227 g/mol. The van der Waals surface area contributed by atoms with Gasteiger partial charge in [0.25, 0.3) is 0 Å². The van der Waals surface area contributed by atoms with Gasteiger partial charge in [-0.05, 0) is 29.7 Å². The molecule has 0 bridgehead atoms. The quantitative estimate of drug-likeness (QED) is 0.795. The minimum absolute atomic E-state index is 0.539. The first-order valence-electron chi connectivity index (χ1n) is 6.20. The summed E-state index contributed by atoms with van der Waals surface area (Å²) in [5, 5.41) is 4.63. The molecule has 88 valence electrons. The molecule has 1 aliphatic carbocycles. The molecule has 15 heavy (non-hydrogen) atoms. The zero-order chi connectivity index (χ0) is 11.3. The normalized spacial score (nSPS) is 38.2. The van der Waals surface area contributed by atoms with Crippen LogP contribution in [-0.2, 0) is 0 Å². The predicted molar refractivity (Wildman–Crippen MR) is 69.4 cm³/mol. The average Bonchev–Trinajstić information content (AvgIpc) is 2.50. The van der Waals surface area contributed by atoms with Crippen molar-refractivity contribution in [1.82, 2.24) is 5.32 Å². The van der Waals surface area contributed by atoms with Gasteiger partial charge >= 0.3 is 0 Å². The van der Waals surface area contributed by atoms with Gasteiger partial charge in [-0.1, -0.05) is 34.6 Å². The molecule has 0 aromatic heterocycles. The Kier molecular flexibility index (Phi) is 2.88. The van der Waals surface area contributed by atoms with Crippen LogP contribution >= 0.6 is 11.8 Å². The van der Waals surface area contributed by atoms with Crippen LogP contribution in [0.5, 0.6) is 0 Å². The highest BCUT2D eigenvalue weighted by atomic mass is 32.2. The van der Waals surface area contributed by atoms with E-state index in [1.54, 1.807) is 0 Å². The fraction of sp³-hybridized carbons (Fsp3) is 1.00. The first kappa shape index (κ1) is 11.8. The fourth-order valence-corrected chi connectivity index (χ4v) is 4.27. The number of rotatable bonds is 3. The Balaban J connectivity index is 1.76. The van der Waals surface area contributed by atoms with E-state index in [2.05, 4.69) is 51.7 Å². The zero-order valence-corrected chi connectivity index (χ0v) is 11.6. The lowest BCUT2D eigenvalue weighted by atomic mass is 10.0. The molecular weight excluding hydrogens is 202 g/mol. The Morgan fingerprint density at radius 2 is 1.80 bits per heavy atom. The van der Waals surface area contributed by atoms with Gasteiger partial charge in [-0.25, -0.2) is 0 Å². The summed E-state index contributed by atoms with van der Waals surface area (Å²) in [6, 6.07) is 0.775. The van der Waals surface area contributed by atoms with Crippen LogP contribution in [-0.4, -0.2) is 23.6 Å². The molecule has 2 heteroatoms. The molecule has 2 rings (SSSR count). The highest BCUT2D eigenvalue weighted by Gasteiger charge is 2.63. The summed E-state index contributed by atoms with van der Waals surface area (Å²) < 4.78 is 0. The van der Waals surface area contributed by atoms with E-state index in [1.807, 2.05) is 0 Å². The molecule has 0 aromatic rings. The van der Waals surface area contributed by atoms with Crippen LogP contribution in [0.2, 0.25) is 0 Å². The molecular formula is C13H25NS. The van der Waals surface area contributed by atoms with E-state index in [9.17, 15) is 0 Å². The number of hydrogen-bond acceptors (Lipinski definition) is 2. The Morgan fingerprint density at radius 3 is 2.20 bits per heavy atom. The van der Waals surface area contributed by atoms with Gasteiger partial charge in [-0.3, -0.25) is 0 Å². The summed E-state index contributed by atoms with van der Waals surface area (Å²) in [5.74, 6) is 2.18. The summed E-state index contributed by atoms with van der Waals surface area (Å²) in [6.07, 6.45) is 1.36. The predicted octanol–water partition coefficient (Wildman–Crippen LogP) is 3.15. The lowest BCUT2D eigenvalue weighted by molar-refractivity contribution is 0.457. The summed E-state index contributed by atoms with van der Waals surface area (Å²) in [4.78, 5) is 0. The molecule has 1 heterocycles. The minimum atomic E-state index is 0.539. The smallest absolute Gasteiger partial charge is 0.0168 e. The van der Waals surface area contributed by atoms with Crippen LogP contribution in [0.3, 0.4) is 0 Å². The second-order valence-corrected chi connectivity index (χ2v) is 7.95. The van der Waals surface area contributed by atoms with Crippen LogP contribution in [0.1, 0.15) is 41.0 Å². The van der Waals surface area contributed by atoms with Crippen molar-refractivity contribution in [3.8, 4) is 0 Å². The third kappa shape index (κ3) is 1.95. The first-order chi connectivity index (χ1) is 6.85. The van der Waals surface area contributed by atoms with Crippen LogP contribution in [0.4, 0.5) is 0 Å². The van der Waals surface area contributed by atoms with E-state index >= 15 is 0 Å². The van der Waals surface area contributed by atoms with Crippen molar-refractivity contribution >= 4 is 11.8 Å². The zero-order valence-electron chi connectivity index (χ0n) is 10.8. The van der Waals surface area contributed by atoms with E-state index in [-0.39, 0.29) is 0 Å². The largest absolute Gasteiger partial charge is 0.313 e. The van der Waals surface area contributed by atoms with Gasteiger partial charge in [-0.2, -0.15) is 11.8 Å². The van der Waals surface area contributed by atoms with E-state index in [0.29, 0.717) is 10.8 Å². The summed E-state index contributed by atoms with van der Waals surface area (Å²) in [6.45, 7) is 13.2. The van der Waals surface area contributed by atoms with E-state index < -0.39 is 0 Å². The van der Waals surface area contributed by atoms with Crippen molar-refractivity contribution in [1.29, 1.82) is 0 Å². The van der Waals surface area contributed by atoms with Crippen molar-refractivity contribution in [2.24, 2.45) is 16.7 Å². The van der Waals surface area contributed by atoms with Crippen molar-refractivity contribution in [3.63, 3.8) is 0 Å². The van der Waals surface area contributed by atoms with Crippen LogP contribution < -0.4 is 5.32 Å². The van der Waals surface area contributed by atoms with Crippen LogP contribution in [0.25, 0.3) is 0 Å². The Labute approximate surface area is 98.8 Å². The maximum atomic E-state index is 3.76. The number of nitrogens with one attached hydrogen (secondary N) is 1. The van der Waals surface area contributed by atoms with Crippen molar-refractivity contribution < 1.29 is 0 Å².